The van der Waals surface area contributed by atoms with E-state index in [1.165, 1.54) is 4.90 Å². The fourth-order valence-corrected chi connectivity index (χ4v) is 3.82. The van der Waals surface area contributed by atoms with Crippen LogP contribution in [-0.4, -0.2) is 40.2 Å². The Morgan fingerprint density at radius 1 is 0.969 bits per heavy atom. The summed E-state index contributed by atoms with van der Waals surface area (Å²) >= 11 is 0. The van der Waals surface area contributed by atoms with Crippen molar-refractivity contribution in [1.29, 1.82) is 0 Å². The minimum atomic E-state index is -0.347. The predicted molar refractivity (Wildman–Crippen MR) is 128 cm³/mol. The second-order valence-electron chi connectivity index (χ2n) is 8.39. The molecule has 0 radical (unpaired) electrons. The summed E-state index contributed by atoms with van der Waals surface area (Å²) in [5.41, 5.74) is 7.71. The zero-order valence-corrected chi connectivity index (χ0v) is 19.6. The molecule has 2 N–H and O–H groups in total. The van der Waals surface area contributed by atoms with Gasteiger partial charge < -0.3 is 15.5 Å². The van der Waals surface area contributed by atoms with E-state index in [2.05, 4.69) is 15.7 Å². The van der Waals surface area contributed by atoms with Crippen LogP contribution in [-0.2, 0) is 11.3 Å². The molecule has 0 saturated heterocycles. The molecule has 0 aliphatic rings. The van der Waals surface area contributed by atoms with E-state index < -0.39 is 0 Å². The molecule has 0 spiro atoms. The number of rotatable bonds is 6. The van der Waals surface area contributed by atoms with Gasteiger partial charge in [0.15, 0.2) is 0 Å². The first kappa shape index (κ1) is 23.1. The van der Waals surface area contributed by atoms with Gasteiger partial charge in [0.2, 0.25) is 5.91 Å². The number of hydrogen-bond donors (Lipinski definition) is 2. The summed E-state index contributed by atoms with van der Waals surface area (Å²) in [5, 5.41) is 10.3. The highest BCUT2D eigenvalue weighted by molar-refractivity contribution is 5.97. The molecular formula is C25H31N5O2. The van der Waals surface area contributed by atoms with Gasteiger partial charge in [-0.15, -0.1) is 0 Å². The van der Waals surface area contributed by atoms with Crippen molar-refractivity contribution in [2.45, 2.75) is 41.2 Å². The largest absolute Gasteiger partial charge is 0.324 e. The number of aromatic nitrogens is 2. The van der Waals surface area contributed by atoms with E-state index >= 15 is 0 Å². The van der Waals surface area contributed by atoms with E-state index in [1.807, 2.05) is 81.8 Å². The monoisotopic (exact) mass is 433 g/mol. The number of aryl methyl sites for hydroxylation is 5. The molecule has 3 aromatic rings. The molecule has 0 aliphatic carbocycles. The Kier molecular flexibility index (Phi) is 6.98. The van der Waals surface area contributed by atoms with E-state index in [9.17, 15) is 9.59 Å². The van der Waals surface area contributed by atoms with Crippen molar-refractivity contribution in [2.24, 2.45) is 0 Å². The van der Waals surface area contributed by atoms with Crippen LogP contribution >= 0.6 is 0 Å². The number of hydrogen-bond acceptors (Lipinski definition) is 3. The number of carbonyl (C=O) groups excluding carboxylic acids is 2. The SMILES string of the molecule is Cc1cc(C)c(NC(=O)CN(C)C(=O)Nc2cccc(Cn3nc(C)cc3C)c2)c(C)c1. The molecule has 2 aromatic carbocycles. The van der Waals surface area contributed by atoms with E-state index in [-0.39, 0.29) is 18.5 Å². The Balaban J connectivity index is 1.59. The number of benzene rings is 2. The highest BCUT2D eigenvalue weighted by Crippen LogP contribution is 2.22. The van der Waals surface area contributed by atoms with E-state index in [0.29, 0.717) is 12.2 Å². The lowest BCUT2D eigenvalue weighted by Crippen LogP contribution is -2.37. The zero-order valence-electron chi connectivity index (χ0n) is 19.6. The lowest BCUT2D eigenvalue weighted by molar-refractivity contribution is -0.116. The van der Waals surface area contributed by atoms with Crippen LogP contribution in [0.15, 0.2) is 42.5 Å². The lowest BCUT2D eigenvalue weighted by Gasteiger charge is -2.19. The van der Waals surface area contributed by atoms with E-state index in [1.54, 1.807) is 7.05 Å². The third-order valence-corrected chi connectivity index (χ3v) is 5.28. The fraction of sp³-hybridized carbons (Fsp3) is 0.320. The molecule has 0 unspecified atom stereocenters. The van der Waals surface area contributed by atoms with Gasteiger partial charge >= 0.3 is 6.03 Å². The molecule has 3 rings (SSSR count). The van der Waals surface area contributed by atoms with Crippen LogP contribution in [0.3, 0.4) is 0 Å². The summed E-state index contributed by atoms with van der Waals surface area (Å²) in [7, 11) is 1.60. The third-order valence-electron chi connectivity index (χ3n) is 5.28. The molecule has 0 aliphatic heterocycles. The number of nitrogens with one attached hydrogen (secondary N) is 2. The second-order valence-corrected chi connectivity index (χ2v) is 8.39. The molecule has 0 bridgehead atoms. The van der Waals surface area contributed by atoms with Crippen molar-refractivity contribution in [3.8, 4) is 0 Å². The van der Waals surface area contributed by atoms with Gasteiger partial charge in [-0.05, 0) is 69.5 Å². The van der Waals surface area contributed by atoms with Crippen LogP contribution < -0.4 is 10.6 Å². The van der Waals surface area contributed by atoms with Gasteiger partial charge in [0.25, 0.3) is 0 Å². The number of nitrogens with zero attached hydrogens (tertiary/aromatic N) is 3. The zero-order chi connectivity index (χ0) is 23.4. The van der Waals surface area contributed by atoms with Crippen molar-refractivity contribution in [3.63, 3.8) is 0 Å². The average molecular weight is 434 g/mol. The Labute approximate surface area is 189 Å². The number of anilines is 2. The average Bonchev–Trinajstić information content (AvgIpc) is 3.01. The first-order valence-corrected chi connectivity index (χ1v) is 10.6. The Morgan fingerprint density at radius 3 is 2.28 bits per heavy atom. The van der Waals surface area contributed by atoms with Crippen molar-refractivity contribution < 1.29 is 9.59 Å². The lowest BCUT2D eigenvalue weighted by atomic mass is 10.1. The van der Waals surface area contributed by atoms with Gasteiger partial charge in [-0.1, -0.05) is 29.8 Å². The van der Waals surface area contributed by atoms with Gasteiger partial charge in [0, 0.05) is 24.1 Å². The molecule has 1 heterocycles. The summed E-state index contributed by atoms with van der Waals surface area (Å²) in [6, 6.07) is 13.4. The summed E-state index contributed by atoms with van der Waals surface area (Å²) in [5.74, 6) is -0.240. The van der Waals surface area contributed by atoms with Crippen LogP contribution in [0.25, 0.3) is 0 Å². The fourth-order valence-electron chi connectivity index (χ4n) is 3.82. The molecule has 0 atom stereocenters. The van der Waals surface area contributed by atoms with Gasteiger partial charge in [-0.3, -0.25) is 9.48 Å². The smallest absolute Gasteiger partial charge is 0.322 e. The summed E-state index contributed by atoms with van der Waals surface area (Å²) in [6.07, 6.45) is 0. The first-order chi connectivity index (χ1) is 15.1. The quantitative estimate of drug-likeness (QED) is 0.597. The Bertz CT molecular complexity index is 1130. The van der Waals surface area contributed by atoms with Crippen molar-refractivity contribution >= 4 is 23.3 Å². The molecule has 0 fully saturated rings. The maximum atomic E-state index is 12.6. The predicted octanol–water partition coefficient (Wildman–Crippen LogP) is 4.58. The van der Waals surface area contributed by atoms with E-state index in [4.69, 9.17) is 0 Å². The first-order valence-electron chi connectivity index (χ1n) is 10.6. The number of amides is 3. The van der Waals surface area contributed by atoms with Gasteiger partial charge in [0.05, 0.1) is 12.2 Å². The molecule has 7 nitrogen and oxygen atoms in total. The maximum absolute atomic E-state index is 12.6. The Hall–Kier alpha value is -3.61. The Morgan fingerprint density at radius 2 is 1.66 bits per heavy atom. The topological polar surface area (TPSA) is 79.3 Å². The van der Waals surface area contributed by atoms with Gasteiger partial charge in [0.1, 0.15) is 6.54 Å². The van der Waals surface area contributed by atoms with Crippen LogP contribution in [0.2, 0.25) is 0 Å². The van der Waals surface area contributed by atoms with Crippen LogP contribution in [0.5, 0.6) is 0 Å². The van der Waals surface area contributed by atoms with Crippen molar-refractivity contribution in [3.05, 3.63) is 76.1 Å². The van der Waals surface area contributed by atoms with Crippen molar-refractivity contribution in [2.75, 3.05) is 24.2 Å². The van der Waals surface area contributed by atoms with Crippen LogP contribution in [0.1, 0.15) is 33.6 Å². The number of likely N-dealkylation sites (N-methyl/N-ethyl adjacent to an activating group) is 1. The molecule has 168 valence electrons. The summed E-state index contributed by atoms with van der Waals surface area (Å²) < 4.78 is 1.93. The second kappa shape index (κ2) is 9.68. The number of carbonyl (C=O) groups is 2. The molecule has 1 aromatic heterocycles. The molecule has 0 saturated carbocycles. The van der Waals surface area contributed by atoms with Gasteiger partial charge in [-0.25, -0.2) is 4.79 Å². The minimum absolute atomic E-state index is 0.0515. The minimum Gasteiger partial charge on any atom is -0.324 e. The normalized spacial score (nSPS) is 10.7. The van der Waals surface area contributed by atoms with Crippen LogP contribution in [0.4, 0.5) is 16.2 Å². The van der Waals surface area contributed by atoms with E-state index in [0.717, 1.165) is 39.3 Å². The summed E-state index contributed by atoms with van der Waals surface area (Å²) in [6.45, 7) is 10.5. The molecule has 3 amide bonds. The molecule has 7 heteroatoms. The summed E-state index contributed by atoms with van der Waals surface area (Å²) in [4.78, 5) is 26.5. The maximum Gasteiger partial charge on any atom is 0.322 e. The highest BCUT2D eigenvalue weighted by atomic mass is 16.2. The standard InChI is InChI=1S/C25H31N5O2/c1-16-10-17(2)24(18(3)11-16)27-23(31)15-29(6)25(32)26-22-9-7-8-21(13-22)14-30-20(5)12-19(4)28-30/h7-13H,14-15H2,1-6H3,(H,26,32)(H,27,31). The van der Waals surface area contributed by atoms with Gasteiger partial charge in [-0.2, -0.15) is 5.10 Å². The highest BCUT2D eigenvalue weighted by Gasteiger charge is 2.15. The van der Waals surface area contributed by atoms with Crippen molar-refractivity contribution in [1.82, 2.24) is 14.7 Å². The molecule has 32 heavy (non-hydrogen) atoms. The number of urea groups is 1. The molecular weight excluding hydrogens is 402 g/mol. The third kappa shape index (κ3) is 5.75. The van der Waals surface area contributed by atoms with Crippen LogP contribution in [0, 0.1) is 34.6 Å².